The van der Waals surface area contributed by atoms with Crippen LogP contribution in [0.3, 0.4) is 0 Å². The van der Waals surface area contributed by atoms with Crippen molar-refractivity contribution in [3.63, 3.8) is 0 Å². The van der Waals surface area contributed by atoms with E-state index >= 15 is 0 Å². The number of fused-ring (bicyclic) bond motifs is 1. The minimum absolute atomic E-state index is 0.241. The van der Waals surface area contributed by atoms with Crippen LogP contribution in [0.5, 0.6) is 0 Å². The number of aromatic nitrogens is 2. The number of aliphatic carboxylic acids is 1. The van der Waals surface area contributed by atoms with Crippen molar-refractivity contribution < 1.29 is 14.7 Å². The van der Waals surface area contributed by atoms with Crippen molar-refractivity contribution in [3.8, 4) is 0 Å². The Hall–Kier alpha value is -2.61. The molecule has 2 aromatic rings. The Morgan fingerprint density at radius 1 is 1.39 bits per heavy atom. The number of hydrogen-bond acceptors (Lipinski definition) is 5. The third kappa shape index (κ3) is 2.72. The van der Waals surface area contributed by atoms with Crippen molar-refractivity contribution in [1.29, 1.82) is 0 Å². The van der Waals surface area contributed by atoms with E-state index in [0.29, 0.717) is 18.8 Å². The first-order chi connectivity index (χ1) is 11.0. The lowest BCUT2D eigenvalue weighted by molar-refractivity contribution is -0.142. The van der Waals surface area contributed by atoms with Gasteiger partial charge in [-0.2, -0.15) is 5.10 Å². The molecule has 0 radical (unpaired) electrons. The molecule has 1 aromatic carbocycles. The molecular weight excluding hydrogens is 298 g/mol. The number of likely N-dealkylation sites (N-methyl/N-ethyl adjacent to an activating group) is 1. The van der Waals surface area contributed by atoms with Gasteiger partial charge in [0.05, 0.1) is 5.52 Å². The second kappa shape index (κ2) is 5.88. The summed E-state index contributed by atoms with van der Waals surface area (Å²) in [4.78, 5) is 27.0. The lowest BCUT2D eigenvalue weighted by Crippen LogP contribution is -2.54. The van der Waals surface area contributed by atoms with Crippen LogP contribution in [0.15, 0.2) is 18.2 Å². The van der Waals surface area contributed by atoms with E-state index in [4.69, 9.17) is 0 Å². The Bertz CT molecular complexity index is 757. The van der Waals surface area contributed by atoms with Gasteiger partial charge in [-0.3, -0.25) is 19.6 Å². The molecule has 1 amide bonds. The molecule has 23 heavy (non-hydrogen) atoms. The predicted molar refractivity (Wildman–Crippen MR) is 85.8 cm³/mol. The molecule has 1 unspecified atom stereocenters. The molecule has 3 N–H and O–H groups in total. The number of H-pyrrole nitrogens is 1. The van der Waals surface area contributed by atoms with Crippen molar-refractivity contribution in [2.24, 2.45) is 0 Å². The van der Waals surface area contributed by atoms with Crippen LogP contribution >= 0.6 is 0 Å². The number of hydrogen-bond donors (Lipinski definition) is 3. The molecule has 8 nitrogen and oxygen atoms in total. The monoisotopic (exact) mass is 317 g/mol. The largest absolute Gasteiger partial charge is 0.480 e. The number of carboxylic acid groups (broad SMARTS) is 1. The highest BCUT2D eigenvalue weighted by atomic mass is 16.4. The summed E-state index contributed by atoms with van der Waals surface area (Å²) >= 11 is 0. The molecule has 1 aliphatic heterocycles. The van der Waals surface area contributed by atoms with Gasteiger partial charge in [-0.1, -0.05) is 0 Å². The summed E-state index contributed by atoms with van der Waals surface area (Å²) < 4.78 is 0. The van der Waals surface area contributed by atoms with Gasteiger partial charge < -0.3 is 15.3 Å². The fourth-order valence-electron chi connectivity index (χ4n) is 2.87. The van der Waals surface area contributed by atoms with Gasteiger partial charge in [0.1, 0.15) is 6.04 Å². The topological polar surface area (TPSA) is 102 Å². The number of anilines is 1. The summed E-state index contributed by atoms with van der Waals surface area (Å²) in [6.07, 6.45) is 0. The van der Waals surface area contributed by atoms with E-state index in [9.17, 15) is 14.7 Å². The highest BCUT2D eigenvalue weighted by Gasteiger charge is 2.30. The highest BCUT2D eigenvalue weighted by molar-refractivity contribution is 6.05. The average Bonchev–Trinajstić information content (AvgIpc) is 2.97. The Morgan fingerprint density at radius 2 is 2.17 bits per heavy atom. The zero-order valence-corrected chi connectivity index (χ0v) is 13.0. The number of benzene rings is 1. The van der Waals surface area contributed by atoms with Gasteiger partial charge in [0, 0.05) is 37.8 Å². The molecular formula is C15H19N5O3. The molecule has 1 atom stereocenters. The number of aromatic amines is 1. The number of amides is 1. The van der Waals surface area contributed by atoms with Crippen LogP contribution in [0.4, 0.5) is 5.69 Å². The number of rotatable bonds is 3. The van der Waals surface area contributed by atoms with Gasteiger partial charge in [0.15, 0.2) is 5.69 Å². The standard InChI is InChI=1S/C15H19N5O3/c1-16-14(21)13-10-4-3-9(7-11(10)17-18-13)20-6-5-19(2)12(8-20)15(22)23/h3-4,7,12H,5-6,8H2,1-2H3,(H,16,21)(H,17,18)(H,22,23). The number of nitrogens with zero attached hydrogens (tertiary/aromatic N) is 3. The van der Waals surface area contributed by atoms with Gasteiger partial charge in [0.25, 0.3) is 5.91 Å². The average molecular weight is 317 g/mol. The van der Waals surface area contributed by atoms with Gasteiger partial charge in [0.2, 0.25) is 0 Å². The first-order valence-electron chi connectivity index (χ1n) is 7.39. The molecule has 3 rings (SSSR count). The van der Waals surface area contributed by atoms with Crippen molar-refractivity contribution >= 4 is 28.5 Å². The molecule has 2 heterocycles. The normalized spacial score (nSPS) is 19.0. The quantitative estimate of drug-likeness (QED) is 0.744. The number of carboxylic acids is 1. The maximum absolute atomic E-state index is 11.8. The van der Waals surface area contributed by atoms with Crippen LogP contribution < -0.4 is 10.2 Å². The van der Waals surface area contributed by atoms with Crippen LogP contribution in [-0.4, -0.2) is 71.9 Å². The van der Waals surface area contributed by atoms with Gasteiger partial charge in [-0.25, -0.2) is 0 Å². The minimum Gasteiger partial charge on any atom is -0.480 e. The van der Waals surface area contributed by atoms with Gasteiger partial charge in [-0.05, 0) is 25.2 Å². The minimum atomic E-state index is -0.818. The smallest absolute Gasteiger partial charge is 0.322 e. The summed E-state index contributed by atoms with van der Waals surface area (Å²) in [6, 6.07) is 5.11. The van der Waals surface area contributed by atoms with Crippen LogP contribution in [0.25, 0.3) is 10.9 Å². The molecule has 1 aromatic heterocycles. The van der Waals surface area contributed by atoms with Crippen LogP contribution in [0, 0.1) is 0 Å². The highest BCUT2D eigenvalue weighted by Crippen LogP contribution is 2.25. The first-order valence-corrected chi connectivity index (χ1v) is 7.39. The molecule has 0 bridgehead atoms. The third-order valence-electron chi connectivity index (χ3n) is 4.29. The molecule has 0 spiro atoms. The van der Waals surface area contributed by atoms with E-state index in [0.717, 1.165) is 23.1 Å². The zero-order chi connectivity index (χ0) is 16.6. The molecule has 1 fully saturated rings. The Balaban J connectivity index is 1.89. The van der Waals surface area contributed by atoms with E-state index in [-0.39, 0.29) is 5.91 Å². The number of carbonyl (C=O) groups excluding carboxylic acids is 1. The summed E-state index contributed by atoms with van der Waals surface area (Å²) in [5, 5.41) is 19.5. The lowest BCUT2D eigenvalue weighted by Gasteiger charge is -2.38. The van der Waals surface area contributed by atoms with Crippen molar-refractivity contribution in [1.82, 2.24) is 20.4 Å². The summed E-state index contributed by atoms with van der Waals surface area (Å²) in [7, 11) is 3.39. The van der Waals surface area contributed by atoms with Crippen LogP contribution in [-0.2, 0) is 4.79 Å². The summed E-state index contributed by atoms with van der Waals surface area (Å²) in [5.41, 5.74) is 2.03. The Morgan fingerprint density at radius 3 is 2.87 bits per heavy atom. The zero-order valence-electron chi connectivity index (χ0n) is 13.0. The Labute approximate surface area is 133 Å². The fraction of sp³-hybridized carbons (Fsp3) is 0.400. The second-order valence-corrected chi connectivity index (χ2v) is 5.66. The summed E-state index contributed by atoms with van der Waals surface area (Å²) in [6.45, 7) is 1.86. The number of nitrogens with one attached hydrogen (secondary N) is 2. The predicted octanol–water partition coefficient (Wildman–Crippen LogP) is 0.128. The van der Waals surface area contributed by atoms with Crippen LogP contribution in [0.1, 0.15) is 10.5 Å². The maximum Gasteiger partial charge on any atom is 0.322 e. The second-order valence-electron chi connectivity index (χ2n) is 5.66. The Kier molecular flexibility index (Phi) is 3.91. The van der Waals surface area contributed by atoms with E-state index in [2.05, 4.69) is 15.5 Å². The SMILES string of the molecule is CNC(=O)c1n[nH]c2cc(N3CCN(C)C(C(=O)O)C3)ccc12. The molecule has 1 aliphatic rings. The van der Waals surface area contributed by atoms with E-state index in [1.54, 1.807) is 7.05 Å². The first kappa shape index (κ1) is 15.3. The number of piperazine rings is 1. The van der Waals surface area contributed by atoms with E-state index in [1.165, 1.54) is 0 Å². The van der Waals surface area contributed by atoms with Crippen molar-refractivity contribution in [2.75, 3.05) is 38.6 Å². The molecule has 0 saturated carbocycles. The molecule has 0 aliphatic carbocycles. The molecule has 8 heteroatoms. The van der Waals surface area contributed by atoms with Gasteiger partial charge >= 0.3 is 5.97 Å². The third-order valence-corrected chi connectivity index (χ3v) is 4.29. The molecule has 122 valence electrons. The summed E-state index contributed by atoms with van der Waals surface area (Å²) in [5.74, 6) is -1.06. The van der Waals surface area contributed by atoms with E-state index < -0.39 is 12.0 Å². The number of carbonyl (C=O) groups is 2. The van der Waals surface area contributed by atoms with Crippen molar-refractivity contribution in [3.05, 3.63) is 23.9 Å². The maximum atomic E-state index is 11.8. The van der Waals surface area contributed by atoms with E-state index in [1.807, 2.05) is 35.0 Å². The van der Waals surface area contributed by atoms with Gasteiger partial charge in [-0.15, -0.1) is 0 Å². The lowest BCUT2D eigenvalue weighted by atomic mass is 10.1. The van der Waals surface area contributed by atoms with Crippen molar-refractivity contribution in [2.45, 2.75) is 6.04 Å². The fourth-order valence-corrected chi connectivity index (χ4v) is 2.87. The van der Waals surface area contributed by atoms with Crippen LogP contribution in [0.2, 0.25) is 0 Å². The molecule has 1 saturated heterocycles.